The van der Waals surface area contributed by atoms with Crippen molar-refractivity contribution in [2.24, 2.45) is 0 Å². The van der Waals surface area contributed by atoms with Gasteiger partial charge >= 0.3 is 0 Å². The number of nitrogens with zero attached hydrogens (tertiary/aromatic N) is 1. The molecule has 9 heavy (non-hydrogen) atoms. The Morgan fingerprint density at radius 1 is 1.56 bits per heavy atom. The number of thiol groups is 1. The van der Waals surface area contributed by atoms with Gasteiger partial charge in [-0.05, 0) is 11.5 Å². The molecule has 0 radical (unpaired) electrons. The molecule has 0 saturated carbocycles. The molecule has 0 aromatic heterocycles. The van der Waals surface area contributed by atoms with Gasteiger partial charge in [0.1, 0.15) is 10.3 Å². The quantitative estimate of drug-likeness (QED) is 0.494. The van der Waals surface area contributed by atoms with Crippen LogP contribution in [0.1, 0.15) is 13.8 Å². The van der Waals surface area contributed by atoms with E-state index in [0.29, 0.717) is 4.20 Å². The highest BCUT2D eigenvalue weighted by atomic mass is 32.2. The third-order valence-corrected chi connectivity index (χ3v) is 4.21. The van der Waals surface area contributed by atoms with Crippen molar-refractivity contribution in [1.82, 2.24) is 0 Å². The molecule has 0 bridgehead atoms. The van der Waals surface area contributed by atoms with Crippen LogP contribution in [0.25, 0.3) is 0 Å². The smallest absolute Gasteiger partial charge is 0.128 e. The molecule has 0 heterocycles. The molecule has 0 N–H and O–H groups in total. The van der Waals surface area contributed by atoms with Gasteiger partial charge in [0.2, 0.25) is 0 Å². The summed E-state index contributed by atoms with van der Waals surface area (Å²) in [5.74, 6) is 2.11. The van der Waals surface area contributed by atoms with E-state index < -0.39 is 0 Å². The minimum Gasteiger partial charge on any atom is -0.208 e. The van der Waals surface area contributed by atoms with E-state index in [9.17, 15) is 0 Å². The van der Waals surface area contributed by atoms with E-state index in [1.165, 1.54) is 0 Å². The third kappa shape index (κ3) is 2.83. The molecule has 3 heteroatoms. The lowest BCUT2D eigenvalue weighted by Gasteiger charge is -2.11. The van der Waals surface area contributed by atoms with Crippen LogP contribution >= 0.6 is 23.1 Å². The summed E-state index contributed by atoms with van der Waals surface area (Å²) in [6.45, 7) is 4.16. The second-order valence-electron chi connectivity index (χ2n) is 1.59. The van der Waals surface area contributed by atoms with Gasteiger partial charge in [-0.1, -0.05) is 26.1 Å². The zero-order valence-corrected chi connectivity index (χ0v) is 7.43. The number of rotatable bonds is 2. The normalized spacial score (nSPS) is 10.1. The SMILES string of the molecule is CC[SH](CC)C(=S)C#N. The molecule has 52 valence electrons. The van der Waals surface area contributed by atoms with Gasteiger partial charge in [0.05, 0.1) is 0 Å². The van der Waals surface area contributed by atoms with E-state index in [2.05, 4.69) is 13.8 Å². The van der Waals surface area contributed by atoms with Crippen molar-refractivity contribution >= 4 is 27.3 Å². The molecule has 0 fully saturated rings. The highest BCUT2D eigenvalue weighted by Gasteiger charge is 2.02. The van der Waals surface area contributed by atoms with E-state index in [-0.39, 0.29) is 10.9 Å². The zero-order chi connectivity index (χ0) is 7.28. The maximum absolute atomic E-state index is 8.39. The van der Waals surface area contributed by atoms with Crippen LogP contribution in [0.3, 0.4) is 0 Å². The topological polar surface area (TPSA) is 23.8 Å². The fourth-order valence-electron chi connectivity index (χ4n) is 0.582. The van der Waals surface area contributed by atoms with Gasteiger partial charge in [0, 0.05) is 0 Å². The van der Waals surface area contributed by atoms with Crippen LogP contribution in [-0.4, -0.2) is 15.7 Å². The van der Waals surface area contributed by atoms with Crippen LogP contribution in [-0.2, 0) is 0 Å². The summed E-state index contributed by atoms with van der Waals surface area (Å²) in [5.41, 5.74) is 0. The number of nitriles is 1. The Bertz CT molecular complexity index is 132. The van der Waals surface area contributed by atoms with Gasteiger partial charge in [0.15, 0.2) is 0 Å². The van der Waals surface area contributed by atoms with Crippen molar-refractivity contribution < 1.29 is 0 Å². The summed E-state index contributed by atoms with van der Waals surface area (Å²) in [7, 11) is -0.247. The van der Waals surface area contributed by atoms with E-state index in [4.69, 9.17) is 17.5 Å². The molecule has 0 aliphatic carbocycles. The highest BCUT2D eigenvalue weighted by molar-refractivity contribution is 8.36. The summed E-state index contributed by atoms with van der Waals surface area (Å²) in [4.78, 5) is 0. The first-order valence-electron chi connectivity index (χ1n) is 2.95. The molecule has 0 atom stereocenters. The van der Waals surface area contributed by atoms with E-state index in [1.54, 1.807) is 0 Å². The Kier molecular flexibility index (Phi) is 4.74. The molecule has 1 nitrogen and oxygen atoms in total. The molecular weight excluding hydrogens is 150 g/mol. The molecule has 0 saturated heterocycles. The molecule has 0 unspecified atom stereocenters. The van der Waals surface area contributed by atoms with Gasteiger partial charge in [-0.15, -0.1) is 0 Å². The monoisotopic (exact) mass is 161 g/mol. The van der Waals surface area contributed by atoms with Gasteiger partial charge in [-0.25, -0.2) is 10.9 Å². The van der Waals surface area contributed by atoms with Crippen molar-refractivity contribution in [2.75, 3.05) is 11.5 Å². The Morgan fingerprint density at radius 2 is 2.00 bits per heavy atom. The van der Waals surface area contributed by atoms with Crippen molar-refractivity contribution in [3.8, 4) is 6.07 Å². The van der Waals surface area contributed by atoms with Crippen molar-refractivity contribution in [1.29, 1.82) is 5.26 Å². The Balaban J connectivity index is 3.83. The van der Waals surface area contributed by atoms with E-state index in [1.807, 2.05) is 6.07 Å². The summed E-state index contributed by atoms with van der Waals surface area (Å²) in [5, 5.41) is 8.39. The minimum absolute atomic E-state index is 0.247. The molecular formula is C6H11NS2. The van der Waals surface area contributed by atoms with Gasteiger partial charge in [-0.3, -0.25) is 0 Å². The molecule has 0 spiro atoms. The second kappa shape index (κ2) is 4.78. The fraction of sp³-hybridized carbons (Fsp3) is 0.667. The maximum atomic E-state index is 8.39. The largest absolute Gasteiger partial charge is 0.208 e. The number of thiocarbonyl (C=S) groups is 1. The molecule has 0 amide bonds. The summed E-state index contributed by atoms with van der Waals surface area (Å²) >= 11 is 4.84. The lowest BCUT2D eigenvalue weighted by Crippen LogP contribution is -1.97. The maximum Gasteiger partial charge on any atom is 0.128 e. The summed E-state index contributed by atoms with van der Waals surface area (Å²) in [6, 6.07) is 2.03. The third-order valence-electron chi connectivity index (χ3n) is 1.15. The minimum atomic E-state index is -0.247. The van der Waals surface area contributed by atoms with Crippen molar-refractivity contribution in [3.05, 3.63) is 0 Å². The number of hydrogen-bond donors (Lipinski definition) is 1. The molecule has 0 aromatic carbocycles. The lowest BCUT2D eigenvalue weighted by atomic mass is 10.9. The summed E-state index contributed by atoms with van der Waals surface area (Å²) in [6.07, 6.45) is 0. The summed E-state index contributed by atoms with van der Waals surface area (Å²) < 4.78 is 0.620. The Morgan fingerprint density at radius 3 is 2.11 bits per heavy atom. The number of hydrogen-bond acceptors (Lipinski definition) is 2. The average Bonchev–Trinajstić information content (AvgIpc) is 1.90. The van der Waals surface area contributed by atoms with E-state index >= 15 is 0 Å². The van der Waals surface area contributed by atoms with Gasteiger partial charge < -0.3 is 0 Å². The first-order chi connectivity index (χ1) is 4.26. The Hall–Kier alpha value is -0.0700. The molecule has 0 aliphatic heterocycles. The fourth-order valence-corrected chi connectivity index (χ4v) is 2.52. The van der Waals surface area contributed by atoms with Crippen LogP contribution in [0.15, 0.2) is 0 Å². The van der Waals surface area contributed by atoms with Crippen LogP contribution < -0.4 is 0 Å². The van der Waals surface area contributed by atoms with E-state index in [0.717, 1.165) is 11.5 Å². The van der Waals surface area contributed by atoms with Crippen molar-refractivity contribution in [2.45, 2.75) is 13.8 Å². The van der Waals surface area contributed by atoms with Crippen LogP contribution in [0, 0.1) is 11.3 Å². The predicted molar refractivity (Wildman–Crippen MR) is 48.3 cm³/mol. The van der Waals surface area contributed by atoms with Crippen LogP contribution in [0.5, 0.6) is 0 Å². The lowest BCUT2D eigenvalue weighted by molar-refractivity contribution is 1.45. The zero-order valence-electron chi connectivity index (χ0n) is 5.72. The first-order valence-corrected chi connectivity index (χ1v) is 5.07. The standard InChI is InChI=1S/C6H11NS2/c1-3-9(4-2)6(8)5-7/h9H,3-4H2,1-2H3. The van der Waals surface area contributed by atoms with Crippen LogP contribution in [0.4, 0.5) is 0 Å². The first kappa shape index (κ1) is 8.93. The Labute approximate surface area is 64.4 Å². The van der Waals surface area contributed by atoms with Crippen molar-refractivity contribution in [3.63, 3.8) is 0 Å². The average molecular weight is 161 g/mol. The molecule has 0 rings (SSSR count). The van der Waals surface area contributed by atoms with Gasteiger partial charge in [-0.2, -0.15) is 5.26 Å². The molecule has 0 aromatic rings. The predicted octanol–water partition coefficient (Wildman–Crippen LogP) is 1.88. The highest BCUT2D eigenvalue weighted by Crippen LogP contribution is 2.25. The molecule has 0 aliphatic rings. The van der Waals surface area contributed by atoms with Gasteiger partial charge in [0.25, 0.3) is 0 Å². The van der Waals surface area contributed by atoms with Crippen LogP contribution in [0.2, 0.25) is 0 Å². The second-order valence-corrected chi connectivity index (χ2v) is 5.09.